The van der Waals surface area contributed by atoms with Gasteiger partial charge in [0, 0.05) is 0 Å². The molecule has 0 bridgehead atoms. The van der Waals surface area contributed by atoms with E-state index in [1.807, 2.05) is 9.24 Å². The van der Waals surface area contributed by atoms with Crippen molar-refractivity contribution in [3.05, 3.63) is 4.91 Å². The number of hydrogen-bond donors (Lipinski definition) is 0. The molecule has 0 spiro atoms. The molecule has 2 atom stereocenters. The summed E-state index contributed by atoms with van der Waals surface area (Å²) in [6, 6.07) is -0.704. The van der Waals surface area contributed by atoms with Crippen LogP contribution in [0.3, 0.4) is 0 Å². The highest BCUT2D eigenvalue weighted by molar-refractivity contribution is 7.40. The predicted molar refractivity (Wildman–Crippen MR) is 30.0 cm³/mol. The first kappa shape index (κ1) is 6.70. The molecule has 40 valence electrons. The second kappa shape index (κ2) is 2.80. The van der Waals surface area contributed by atoms with Gasteiger partial charge in [-0.15, -0.1) is 0 Å². The van der Waals surface area contributed by atoms with E-state index in [1.54, 1.807) is 0 Å². The van der Waals surface area contributed by atoms with Crippen LogP contribution in [0.4, 0.5) is 0 Å². The van der Waals surface area contributed by atoms with Gasteiger partial charge in [0.1, 0.15) is 0 Å². The van der Waals surface area contributed by atoms with E-state index in [0.29, 0.717) is 0 Å². The van der Waals surface area contributed by atoms with Gasteiger partial charge in [0.2, 0.25) is 0 Å². The van der Waals surface area contributed by atoms with Crippen molar-refractivity contribution < 1.29 is 4.79 Å². The lowest BCUT2D eigenvalue weighted by molar-refractivity contribution is -0.111. The topological polar surface area (TPSA) is 46.5 Å². The molecule has 0 rings (SSSR count). The van der Waals surface area contributed by atoms with Crippen molar-refractivity contribution in [3.63, 3.8) is 0 Å². The molecule has 0 saturated carbocycles. The first-order valence-corrected chi connectivity index (χ1v) is 2.38. The third-order valence-corrected chi connectivity index (χ3v) is 1.05. The number of carbonyl (C=O) groups is 1. The minimum atomic E-state index is -0.704. The highest BCUT2D eigenvalue weighted by atomic mass is 31.0. The van der Waals surface area contributed by atoms with Crippen LogP contribution in [0.15, 0.2) is 5.18 Å². The zero-order valence-electron chi connectivity index (χ0n) is 3.92. The summed E-state index contributed by atoms with van der Waals surface area (Å²) in [5.41, 5.74) is -0.269. The van der Waals surface area contributed by atoms with E-state index in [2.05, 4.69) is 5.18 Å². The maximum atomic E-state index is 10.0. The highest BCUT2D eigenvalue weighted by Gasteiger charge is 2.03. The molecule has 0 aliphatic heterocycles. The van der Waals surface area contributed by atoms with Gasteiger partial charge < -0.3 is 0 Å². The summed E-state index contributed by atoms with van der Waals surface area (Å²) in [6.45, 7) is 1.45. The Balaban J connectivity index is 3.55. The Hall–Kier alpha value is -0.300. The van der Waals surface area contributed by atoms with Gasteiger partial charge in [-0.05, 0) is 6.92 Å². The Labute approximate surface area is 43.7 Å². The number of nitroso groups, excluding NO2 is 1. The van der Waals surface area contributed by atoms with Crippen LogP contribution < -0.4 is 0 Å². The van der Waals surface area contributed by atoms with Crippen molar-refractivity contribution in [2.45, 2.75) is 13.0 Å². The second-order valence-corrected chi connectivity index (χ2v) is 1.75. The van der Waals surface area contributed by atoms with Crippen molar-refractivity contribution in [1.82, 2.24) is 0 Å². The minimum absolute atomic E-state index is 0.269. The summed E-state index contributed by atoms with van der Waals surface area (Å²) in [5, 5.41) is 2.47. The molecule has 0 aromatic rings. The van der Waals surface area contributed by atoms with Gasteiger partial charge in [-0.25, -0.2) is 0 Å². The monoisotopic (exact) mass is 119 g/mol. The molecule has 0 N–H and O–H groups in total. The number of nitrogens with zero attached hydrogens (tertiary/aromatic N) is 1. The van der Waals surface area contributed by atoms with Gasteiger partial charge in [-0.2, -0.15) is 4.91 Å². The largest absolute Gasteiger partial charge is 0.293 e. The summed E-state index contributed by atoms with van der Waals surface area (Å²) >= 11 is 0. The first-order chi connectivity index (χ1) is 3.18. The van der Waals surface area contributed by atoms with Gasteiger partial charge in [-0.1, -0.05) is 14.4 Å². The summed E-state index contributed by atoms with van der Waals surface area (Å²) in [6.07, 6.45) is 0. The Bertz CT molecular complexity index is 92.9. The average Bonchev–Trinajstić information content (AvgIpc) is 1.65. The van der Waals surface area contributed by atoms with E-state index in [9.17, 15) is 9.70 Å². The molecular formula is C3H6NO2P. The standard InChI is InChI=1S/C3H6NO2P/c1-2(4-6)3(5)7/h2H,7H2,1H3. The van der Waals surface area contributed by atoms with Crippen molar-refractivity contribution in [3.8, 4) is 0 Å². The maximum Gasteiger partial charge on any atom is 0.175 e. The number of rotatable bonds is 2. The fourth-order valence-electron chi connectivity index (χ4n) is 0.0519. The van der Waals surface area contributed by atoms with Crippen LogP contribution in [0.1, 0.15) is 6.92 Å². The van der Waals surface area contributed by atoms with Crippen LogP contribution in [0.5, 0.6) is 0 Å². The Morgan fingerprint density at radius 2 is 2.29 bits per heavy atom. The maximum absolute atomic E-state index is 10.0. The second-order valence-electron chi connectivity index (χ2n) is 1.18. The molecule has 0 aliphatic carbocycles. The van der Waals surface area contributed by atoms with Crippen LogP contribution >= 0.6 is 9.24 Å². The van der Waals surface area contributed by atoms with E-state index >= 15 is 0 Å². The Morgan fingerprint density at radius 1 is 1.86 bits per heavy atom. The third kappa shape index (κ3) is 2.40. The molecular weight excluding hydrogens is 113 g/mol. The predicted octanol–water partition coefficient (Wildman–Crippen LogP) is 0.543. The van der Waals surface area contributed by atoms with Gasteiger partial charge in [0.15, 0.2) is 11.6 Å². The zero-order valence-corrected chi connectivity index (χ0v) is 5.07. The molecule has 2 unspecified atom stereocenters. The van der Waals surface area contributed by atoms with Crippen LogP contribution in [0.25, 0.3) is 0 Å². The smallest absolute Gasteiger partial charge is 0.175 e. The van der Waals surface area contributed by atoms with E-state index in [0.717, 1.165) is 0 Å². The van der Waals surface area contributed by atoms with Crippen LogP contribution in [0.2, 0.25) is 0 Å². The third-order valence-electron chi connectivity index (χ3n) is 0.570. The molecule has 4 heteroatoms. The van der Waals surface area contributed by atoms with E-state index in [4.69, 9.17) is 0 Å². The van der Waals surface area contributed by atoms with Crippen molar-refractivity contribution >= 4 is 14.8 Å². The van der Waals surface area contributed by atoms with Crippen LogP contribution in [-0.2, 0) is 4.79 Å². The molecule has 0 fully saturated rings. The van der Waals surface area contributed by atoms with Crippen molar-refractivity contribution in [1.29, 1.82) is 0 Å². The average molecular weight is 119 g/mol. The number of hydrogen-bond acceptors (Lipinski definition) is 3. The molecule has 0 amide bonds. The molecule has 3 nitrogen and oxygen atoms in total. The summed E-state index contributed by atoms with van der Waals surface area (Å²) in [4.78, 5) is 19.5. The van der Waals surface area contributed by atoms with Crippen molar-refractivity contribution in [2.75, 3.05) is 0 Å². The molecule has 0 aromatic carbocycles. The quantitative estimate of drug-likeness (QED) is 0.393. The first-order valence-electron chi connectivity index (χ1n) is 1.80. The van der Waals surface area contributed by atoms with Crippen LogP contribution in [0, 0.1) is 4.91 Å². The molecule has 0 heterocycles. The fraction of sp³-hybridized carbons (Fsp3) is 0.667. The zero-order chi connectivity index (χ0) is 5.86. The lowest BCUT2D eigenvalue weighted by atomic mass is 10.4. The lowest BCUT2D eigenvalue weighted by Crippen LogP contribution is -2.04. The van der Waals surface area contributed by atoms with Crippen LogP contribution in [-0.4, -0.2) is 11.6 Å². The SMILES string of the molecule is CC(N=O)C(=O)P. The van der Waals surface area contributed by atoms with Gasteiger partial charge in [-0.3, -0.25) is 4.79 Å². The Morgan fingerprint density at radius 3 is 2.29 bits per heavy atom. The normalized spacial score (nSPS) is 12.9. The van der Waals surface area contributed by atoms with E-state index in [-0.39, 0.29) is 5.52 Å². The van der Waals surface area contributed by atoms with Crippen molar-refractivity contribution in [2.24, 2.45) is 5.18 Å². The van der Waals surface area contributed by atoms with Gasteiger partial charge >= 0.3 is 0 Å². The molecule has 0 radical (unpaired) electrons. The lowest BCUT2D eigenvalue weighted by Gasteiger charge is -1.88. The molecule has 0 aliphatic rings. The molecule has 0 saturated heterocycles. The highest BCUT2D eigenvalue weighted by Crippen LogP contribution is 1.95. The number of carbonyl (C=O) groups excluding carboxylic acids is 1. The van der Waals surface area contributed by atoms with E-state index in [1.165, 1.54) is 6.92 Å². The minimum Gasteiger partial charge on any atom is -0.293 e. The molecule has 7 heavy (non-hydrogen) atoms. The Kier molecular flexibility index (Phi) is 2.68. The van der Waals surface area contributed by atoms with E-state index < -0.39 is 6.04 Å². The summed E-state index contributed by atoms with van der Waals surface area (Å²) < 4.78 is 0. The molecule has 0 aromatic heterocycles. The fourth-order valence-corrected chi connectivity index (χ4v) is 0.113. The van der Waals surface area contributed by atoms with Gasteiger partial charge in [0.05, 0.1) is 0 Å². The summed E-state index contributed by atoms with van der Waals surface area (Å²) in [7, 11) is 1.89. The van der Waals surface area contributed by atoms with Gasteiger partial charge in [0.25, 0.3) is 0 Å². The summed E-state index contributed by atoms with van der Waals surface area (Å²) in [5.74, 6) is 0.